The third kappa shape index (κ3) is 6.62. The van der Waals surface area contributed by atoms with Crippen LogP contribution in [0.3, 0.4) is 0 Å². The fourth-order valence-corrected chi connectivity index (χ4v) is 1.33. The highest BCUT2D eigenvalue weighted by molar-refractivity contribution is 4.52. The molecule has 0 aromatic carbocycles. The molecule has 12 heavy (non-hydrogen) atoms. The molecule has 0 amide bonds. The first-order valence-electron chi connectivity index (χ1n) is 5.15. The average molecular weight is 172 g/mol. The van der Waals surface area contributed by atoms with E-state index >= 15 is 0 Å². The molecule has 0 unspecified atom stereocenters. The van der Waals surface area contributed by atoms with Crippen LogP contribution in [0.25, 0.3) is 0 Å². The molecule has 0 rings (SSSR count). The summed E-state index contributed by atoms with van der Waals surface area (Å²) in [6.07, 6.45) is 4.45. The molecule has 0 bridgehead atoms. The van der Waals surface area contributed by atoms with Crippen LogP contribution >= 0.6 is 0 Å². The number of nitrogens with zero attached hydrogens (tertiary/aromatic N) is 1. The third-order valence-electron chi connectivity index (χ3n) is 2.26. The zero-order chi connectivity index (χ0) is 9.23. The first-order valence-corrected chi connectivity index (χ1v) is 5.15. The van der Waals surface area contributed by atoms with Crippen molar-refractivity contribution in [1.82, 2.24) is 4.90 Å². The molecule has 0 heterocycles. The SMILES string of the molecule is CCN(CC)CCCCCC[O]. The van der Waals surface area contributed by atoms with Gasteiger partial charge in [-0.15, -0.1) is 0 Å². The Morgan fingerprint density at radius 1 is 0.917 bits per heavy atom. The first kappa shape index (κ1) is 11.9. The molecule has 0 aliphatic rings. The Labute approximate surface area is 76.6 Å². The van der Waals surface area contributed by atoms with Crippen molar-refractivity contribution in [2.45, 2.75) is 39.5 Å². The smallest absolute Gasteiger partial charge is 0.0822 e. The van der Waals surface area contributed by atoms with Crippen molar-refractivity contribution in [3.05, 3.63) is 0 Å². The van der Waals surface area contributed by atoms with Crippen LogP contribution in [0, 0.1) is 0 Å². The summed E-state index contributed by atoms with van der Waals surface area (Å²) < 4.78 is 0. The quantitative estimate of drug-likeness (QED) is 0.515. The molecule has 2 nitrogen and oxygen atoms in total. The third-order valence-corrected chi connectivity index (χ3v) is 2.26. The van der Waals surface area contributed by atoms with Crippen molar-refractivity contribution in [1.29, 1.82) is 0 Å². The number of unbranched alkanes of at least 4 members (excludes halogenated alkanes) is 3. The van der Waals surface area contributed by atoms with Gasteiger partial charge in [-0.25, -0.2) is 5.11 Å². The predicted octanol–water partition coefficient (Wildman–Crippen LogP) is 2.32. The number of rotatable bonds is 8. The summed E-state index contributed by atoms with van der Waals surface area (Å²) in [6.45, 7) is 8.00. The van der Waals surface area contributed by atoms with E-state index in [0.29, 0.717) is 0 Å². The van der Waals surface area contributed by atoms with E-state index in [9.17, 15) is 5.11 Å². The molecular formula is C10H22NO. The Balaban J connectivity index is 3.06. The van der Waals surface area contributed by atoms with Gasteiger partial charge < -0.3 is 4.90 Å². The van der Waals surface area contributed by atoms with Crippen LogP contribution in [0.15, 0.2) is 0 Å². The topological polar surface area (TPSA) is 23.1 Å². The second-order valence-corrected chi connectivity index (χ2v) is 3.15. The van der Waals surface area contributed by atoms with E-state index < -0.39 is 0 Å². The van der Waals surface area contributed by atoms with Gasteiger partial charge in [-0.1, -0.05) is 26.7 Å². The van der Waals surface area contributed by atoms with E-state index in [4.69, 9.17) is 0 Å². The van der Waals surface area contributed by atoms with Crippen LogP contribution in [0.2, 0.25) is 0 Å². The summed E-state index contributed by atoms with van der Waals surface area (Å²) in [7, 11) is 0. The summed E-state index contributed by atoms with van der Waals surface area (Å²) in [6, 6.07) is 0. The Kier molecular flexibility index (Phi) is 8.95. The van der Waals surface area contributed by atoms with Gasteiger partial charge in [0, 0.05) is 0 Å². The fraction of sp³-hybridized carbons (Fsp3) is 1.00. The molecule has 0 atom stereocenters. The molecule has 0 fully saturated rings. The summed E-state index contributed by atoms with van der Waals surface area (Å²) >= 11 is 0. The predicted molar refractivity (Wildman–Crippen MR) is 51.8 cm³/mol. The standard InChI is InChI=1S/C10H22NO/c1-3-11(4-2)9-7-5-6-8-10-12/h3-10H2,1-2H3. The van der Waals surface area contributed by atoms with E-state index in [2.05, 4.69) is 18.7 Å². The molecule has 73 valence electrons. The van der Waals surface area contributed by atoms with E-state index in [0.717, 1.165) is 25.9 Å². The van der Waals surface area contributed by atoms with Crippen LogP contribution in [0.4, 0.5) is 0 Å². The lowest BCUT2D eigenvalue weighted by Crippen LogP contribution is -2.23. The minimum Gasteiger partial charge on any atom is -0.304 e. The highest BCUT2D eigenvalue weighted by Gasteiger charge is 1.97. The number of hydrogen-bond acceptors (Lipinski definition) is 1. The molecule has 0 aliphatic heterocycles. The summed E-state index contributed by atoms with van der Waals surface area (Å²) in [5.41, 5.74) is 0. The van der Waals surface area contributed by atoms with Crippen molar-refractivity contribution in [3.63, 3.8) is 0 Å². The van der Waals surface area contributed by atoms with Crippen LogP contribution in [0.5, 0.6) is 0 Å². The van der Waals surface area contributed by atoms with Gasteiger partial charge >= 0.3 is 0 Å². The van der Waals surface area contributed by atoms with Gasteiger partial charge in [0.1, 0.15) is 0 Å². The van der Waals surface area contributed by atoms with E-state index in [1.807, 2.05) is 0 Å². The fourth-order valence-electron chi connectivity index (χ4n) is 1.33. The van der Waals surface area contributed by atoms with Gasteiger partial charge in [-0.3, -0.25) is 0 Å². The average Bonchev–Trinajstić information content (AvgIpc) is 2.11. The Bertz CT molecular complexity index is 81.9. The Hall–Kier alpha value is -0.0800. The molecule has 0 aromatic heterocycles. The van der Waals surface area contributed by atoms with Crippen LogP contribution < -0.4 is 0 Å². The summed E-state index contributed by atoms with van der Waals surface area (Å²) in [5, 5.41) is 10.1. The Morgan fingerprint density at radius 2 is 1.50 bits per heavy atom. The van der Waals surface area contributed by atoms with Gasteiger partial charge in [0.25, 0.3) is 0 Å². The molecule has 2 heteroatoms. The summed E-state index contributed by atoms with van der Waals surface area (Å²) in [4.78, 5) is 2.43. The molecule has 0 aliphatic carbocycles. The maximum Gasteiger partial charge on any atom is 0.0822 e. The summed E-state index contributed by atoms with van der Waals surface area (Å²) in [5.74, 6) is 0. The van der Waals surface area contributed by atoms with Crippen molar-refractivity contribution in [3.8, 4) is 0 Å². The number of hydrogen-bond donors (Lipinski definition) is 0. The largest absolute Gasteiger partial charge is 0.304 e. The van der Waals surface area contributed by atoms with Gasteiger partial charge in [0.05, 0.1) is 6.61 Å². The van der Waals surface area contributed by atoms with Crippen molar-refractivity contribution < 1.29 is 5.11 Å². The zero-order valence-electron chi connectivity index (χ0n) is 8.51. The van der Waals surface area contributed by atoms with Gasteiger partial charge in [0.15, 0.2) is 0 Å². The van der Waals surface area contributed by atoms with Crippen molar-refractivity contribution in [2.75, 3.05) is 26.2 Å². The van der Waals surface area contributed by atoms with Crippen molar-refractivity contribution >= 4 is 0 Å². The molecule has 0 saturated carbocycles. The minimum absolute atomic E-state index is 0.102. The van der Waals surface area contributed by atoms with E-state index in [-0.39, 0.29) is 6.61 Å². The van der Waals surface area contributed by atoms with Gasteiger partial charge in [0.2, 0.25) is 0 Å². The molecular weight excluding hydrogens is 150 g/mol. The van der Waals surface area contributed by atoms with Crippen LogP contribution in [0.1, 0.15) is 39.5 Å². The lowest BCUT2D eigenvalue weighted by Gasteiger charge is -2.17. The highest BCUT2D eigenvalue weighted by Crippen LogP contribution is 2.00. The first-order chi connectivity index (χ1) is 5.85. The molecule has 1 radical (unpaired) electrons. The van der Waals surface area contributed by atoms with E-state index in [1.54, 1.807) is 0 Å². The minimum atomic E-state index is 0.102. The second-order valence-electron chi connectivity index (χ2n) is 3.15. The maximum absolute atomic E-state index is 10.1. The maximum atomic E-state index is 10.1. The molecule has 0 N–H and O–H groups in total. The highest BCUT2D eigenvalue weighted by atomic mass is 16.2. The van der Waals surface area contributed by atoms with Crippen LogP contribution in [-0.2, 0) is 5.11 Å². The molecule has 0 aromatic rings. The second kappa shape index (κ2) is 9.01. The van der Waals surface area contributed by atoms with Crippen LogP contribution in [-0.4, -0.2) is 31.1 Å². The molecule has 0 spiro atoms. The molecule has 0 saturated heterocycles. The normalized spacial score (nSPS) is 11.0. The lowest BCUT2D eigenvalue weighted by molar-refractivity contribution is 0.185. The van der Waals surface area contributed by atoms with Gasteiger partial charge in [-0.05, 0) is 32.5 Å². The van der Waals surface area contributed by atoms with E-state index in [1.165, 1.54) is 19.4 Å². The Morgan fingerprint density at radius 3 is 2.00 bits per heavy atom. The van der Waals surface area contributed by atoms with Crippen molar-refractivity contribution in [2.24, 2.45) is 0 Å². The van der Waals surface area contributed by atoms with Gasteiger partial charge in [-0.2, -0.15) is 0 Å². The monoisotopic (exact) mass is 172 g/mol. The zero-order valence-corrected chi connectivity index (χ0v) is 8.51. The lowest BCUT2D eigenvalue weighted by atomic mass is 10.2.